The van der Waals surface area contributed by atoms with Gasteiger partial charge in [-0.1, -0.05) is 30.3 Å². The smallest absolute Gasteiger partial charge is 0.0698 e. The Bertz CT molecular complexity index is 351. The highest BCUT2D eigenvalue weighted by Gasteiger charge is 2.39. The van der Waals surface area contributed by atoms with Crippen molar-refractivity contribution in [2.24, 2.45) is 5.92 Å². The zero-order valence-corrected chi connectivity index (χ0v) is 9.55. The summed E-state index contributed by atoms with van der Waals surface area (Å²) >= 11 is 0. The molecule has 2 nitrogen and oxygen atoms in total. The molecule has 86 valence electrons. The van der Waals surface area contributed by atoms with Crippen LogP contribution < -0.4 is 0 Å². The van der Waals surface area contributed by atoms with E-state index in [1.165, 1.54) is 24.9 Å². The van der Waals surface area contributed by atoms with Gasteiger partial charge in [-0.25, -0.2) is 0 Å². The van der Waals surface area contributed by atoms with Crippen LogP contribution in [0.3, 0.4) is 0 Å². The highest BCUT2D eigenvalue weighted by molar-refractivity contribution is 5.15. The summed E-state index contributed by atoms with van der Waals surface area (Å²) in [4.78, 5) is 2.47. The molecule has 2 saturated heterocycles. The average Bonchev–Trinajstić information content (AvgIpc) is 2.30. The summed E-state index contributed by atoms with van der Waals surface area (Å²) in [5.41, 5.74) is 1.36. The van der Waals surface area contributed by atoms with E-state index in [0.29, 0.717) is 6.04 Å². The number of nitrogens with zero attached hydrogens (tertiary/aromatic N) is 1. The molecule has 0 amide bonds. The first-order valence-corrected chi connectivity index (χ1v) is 6.29. The lowest BCUT2D eigenvalue weighted by atomic mass is 9.78. The Morgan fingerprint density at radius 2 is 2.00 bits per heavy atom. The number of rotatable bonds is 2. The summed E-state index contributed by atoms with van der Waals surface area (Å²) in [6, 6.07) is 11.0. The van der Waals surface area contributed by atoms with Crippen molar-refractivity contribution < 1.29 is 5.11 Å². The average molecular weight is 217 g/mol. The first-order valence-electron chi connectivity index (χ1n) is 6.29. The van der Waals surface area contributed by atoms with Crippen molar-refractivity contribution in [1.82, 2.24) is 4.90 Å². The van der Waals surface area contributed by atoms with Crippen LogP contribution in [0.15, 0.2) is 30.3 Å². The molecule has 4 rings (SSSR count). The van der Waals surface area contributed by atoms with Crippen molar-refractivity contribution >= 4 is 0 Å². The molecular formula is C14H19NO. The number of benzene rings is 1. The summed E-state index contributed by atoms with van der Waals surface area (Å²) < 4.78 is 0. The normalized spacial score (nSPS) is 34.2. The molecule has 2 aliphatic heterocycles. The second kappa shape index (κ2) is 4.19. The monoisotopic (exact) mass is 217 g/mol. The summed E-state index contributed by atoms with van der Waals surface area (Å²) in [5, 5.41) is 10.0. The van der Waals surface area contributed by atoms with Gasteiger partial charge in [-0.3, -0.25) is 4.90 Å². The molecule has 3 fully saturated rings. The van der Waals surface area contributed by atoms with Gasteiger partial charge in [-0.05, 0) is 30.7 Å². The number of hydrogen-bond acceptors (Lipinski definition) is 2. The highest BCUT2D eigenvalue weighted by Crippen LogP contribution is 2.35. The Hall–Kier alpha value is -0.860. The van der Waals surface area contributed by atoms with E-state index in [1.54, 1.807) is 0 Å². The summed E-state index contributed by atoms with van der Waals surface area (Å²) in [7, 11) is 0. The Kier molecular flexibility index (Phi) is 2.70. The van der Waals surface area contributed by atoms with E-state index in [-0.39, 0.29) is 6.10 Å². The van der Waals surface area contributed by atoms with Gasteiger partial charge in [0, 0.05) is 19.1 Å². The minimum absolute atomic E-state index is 0.0868. The van der Waals surface area contributed by atoms with Gasteiger partial charge in [-0.2, -0.15) is 0 Å². The number of hydrogen-bond donors (Lipinski definition) is 1. The van der Waals surface area contributed by atoms with Gasteiger partial charge < -0.3 is 5.11 Å². The molecule has 1 N–H and O–H groups in total. The third-order valence-corrected chi connectivity index (χ3v) is 4.08. The van der Waals surface area contributed by atoms with Crippen LogP contribution in [0.2, 0.25) is 0 Å². The number of fused-ring (bicyclic) bond motifs is 3. The molecule has 0 spiro atoms. The number of piperidine rings is 2. The summed E-state index contributed by atoms with van der Waals surface area (Å²) in [6.45, 7) is 2.18. The maximum Gasteiger partial charge on any atom is 0.0698 e. The van der Waals surface area contributed by atoms with E-state index in [2.05, 4.69) is 35.2 Å². The van der Waals surface area contributed by atoms with E-state index in [4.69, 9.17) is 0 Å². The minimum atomic E-state index is -0.0868. The maximum absolute atomic E-state index is 10.0. The van der Waals surface area contributed by atoms with Crippen LogP contribution in [0, 0.1) is 5.92 Å². The molecule has 16 heavy (non-hydrogen) atoms. The van der Waals surface area contributed by atoms with E-state index >= 15 is 0 Å². The van der Waals surface area contributed by atoms with E-state index in [1.807, 2.05) is 0 Å². The quantitative estimate of drug-likeness (QED) is 0.819. The SMILES string of the molecule is O[C@H]1C[C@@H]2CC[C@@H]1N(Cc1ccccc1)C2. The van der Waals surface area contributed by atoms with Crippen LogP contribution in [0.5, 0.6) is 0 Å². The molecule has 2 heteroatoms. The zero-order chi connectivity index (χ0) is 11.0. The molecule has 0 unspecified atom stereocenters. The lowest BCUT2D eigenvalue weighted by Crippen LogP contribution is -2.55. The largest absolute Gasteiger partial charge is 0.391 e. The van der Waals surface area contributed by atoms with Crippen LogP contribution in [-0.2, 0) is 6.54 Å². The predicted octanol–water partition coefficient (Wildman–Crippen LogP) is 2.03. The Morgan fingerprint density at radius 1 is 1.19 bits per heavy atom. The lowest BCUT2D eigenvalue weighted by Gasteiger charge is -2.48. The van der Waals surface area contributed by atoms with Gasteiger partial charge in [-0.15, -0.1) is 0 Å². The molecule has 2 bridgehead atoms. The van der Waals surface area contributed by atoms with Crippen LogP contribution in [-0.4, -0.2) is 28.7 Å². The van der Waals surface area contributed by atoms with Crippen molar-refractivity contribution in [3.8, 4) is 0 Å². The topological polar surface area (TPSA) is 23.5 Å². The van der Waals surface area contributed by atoms with Crippen molar-refractivity contribution in [2.45, 2.75) is 38.0 Å². The Labute approximate surface area is 96.9 Å². The van der Waals surface area contributed by atoms with Crippen molar-refractivity contribution in [3.05, 3.63) is 35.9 Å². The molecule has 1 saturated carbocycles. The van der Waals surface area contributed by atoms with E-state index in [9.17, 15) is 5.11 Å². The van der Waals surface area contributed by atoms with Crippen molar-refractivity contribution in [2.75, 3.05) is 6.54 Å². The molecular weight excluding hydrogens is 198 g/mol. The molecule has 3 aliphatic rings. The third-order valence-electron chi connectivity index (χ3n) is 4.08. The van der Waals surface area contributed by atoms with Gasteiger partial charge in [0.1, 0.15) is 0 Å². The van der Waals surface area contributed by atoms with Gasteiger partial charge >= 0.3 is 0 Å². The van der Waals surface area contributed by atoms with E-state index < -0.39 is 0 Å². The second-order valence-corrected chi connectivity index (χ2v) is 5.23. The fourth-order valence-corrected chi connectivity index (χ4v) is 3.27. The fraction of sp³-hybridized carbons (Fsp3) is 0.571. The molecule has 0 radical (unpaired) electrons. The van der Waals surface area contributed by atoms with Crippen molar-refractivity contribution in [3.63, 3.8) is 0 Å². The van der Waals surface area contributed by atoms with Crippen LogP contribution >= 0.6 is 0 Å². The maximum atomic E-state index is 10.0. The highest BCUT2D eigenvalue weighted by atomic mass is 16.3. The van der Waals surface area contributed by atoms with E-state index in [0.717, 1.165) is 18.9 Å². The minimum Gasteiger partial charge on any atom is -0.391 e. The number of aliphatic hydroxyl groups is 1. The van der Waals surface area contributed by atoms with Gasteiger partial charge in [0.15, 0.2) is 0 Å². The lowest BCUT2D eigenvalue weighted by molar-refractivity contribution is -0.0582. The Balaban J connectivity index is 1.72. The van der Waals surface area contributed by atoms with Crippen LogP contribution in [0.4, 0.5) is 0 Å². The fourth-order valence-electron chi connectivity index (χ4n) is 3.27. The van der Waals surface area contributed by atoms with Gasteiger partial charge in [0.2, 0.25) is 0 Å². The third kappa shape index (κ3) is 1.87. The number of aliphatic hydroxyl groups excluding tert-OH is 1. The first kappa shape index (κ1) is 10.3. The molecule has 1 aromatic rings. The van der Waals surface area contributed by atoms with Crippen LogP contribution in [0.25, 0.3) is 0 Å². The molecule has 2 heterocycles. The zero-order valence-electron chi connectivity index (χ0n) is 9.55. The molecule has 0 aromatic heterocycles. The van der Waals surface area contributed by atoms with Gasteiger partial charge in [0.25, 0.3) is 0 Å². The van der Waals surface area contributed by atoms with Crippen molar-refractivity contribution in [1.29, 1.82) is 0 Å². The Morgan fingerprint density at radius 3 is 2.69 bits per heavy atom. The predicted molar refractivity (Wildman–Crippen MR) is 64.0 cm³/mol. The molecule has 1 aromatic carbocycles. The summed E-state index contributed by atoms with van der Waals surface area (Å²) in [6.07, 6.45) is 3.43. The summed E-state index contributed by atoms with van der Waals surface area (Å²) in [5.74, 6) is 0.726. The first-order chi connectivity index (χ1) is 7.83. The standard InChI is InChI=1S/C14H19NO/c16-14-8-12-6-7-13(14)15(10-12)9-11-4-2-1-3-5-11/h1-5,12-14,16H,6-10H2/t12-,13-,14-/m0/s1. The second-order valence-electron chi connectivity index (χ2n) is 5.23. The van der Waals surface area contributed by atoms with Gasteiger partial charge in [0.05, 0.1) is 6.10 Å². The van der Waals surface area contributed by atoms with Crippen LogP contribution in [0.1, 0.15) is 24.8 Å². The molecule has 1 aliphatic carbocycles. The molecule has 3 atom stereocenters.